The van der Waals surface area contributed by atoms with E-state index in [2.05, 4.69) is 15.6 Å². The van der Waals surface area contributed by atoms with Gasteiger partial charge in [-0.25, -0.2) is 10.3 Å². The predicted molar refractivity (Wildman–Crippen MR) is 56.1 cm³/mol. The molecule has 0 saturated heterocycles. The largest absolute Gasteiger partial charge is 0.326 e. The molecule has 5 N–H and O–H groups in total. The first-order chi connectivity index (χ1) is 6.86. The first-order valence-electron chi connectivity index (χ1n) is 4.04. The summed E-state index contributed by atoms with van der Waals surface area (Å²) in [6.07, 6.45) is 0.538. The molecule has 15 heavy (non-hydrogen) atoms. The van der Waals surface area contributed by atoms with Gasteiger partial charge in [-0.3, -0.25) is 4.79 Å². The zero-order valence-electron chi connectivity index (χ0n) is 7.80. The average Bonchev–Trinajstić information content (AvgIpc) is 2.40. The summed E-state index contributed by atoms with van der Waals surface area (Å²) in [5.41, 5.74) is 2.07. The van der Waals surface area contributed by atoms with E-state index in [-0.39, 0.29) is 5.91 Å². The van der Waals surface area contributed by atoms with Gasteiger partial charge in [-0.2, -0.15) is 8.42 Å². The highest BCUT2D eigenvalue weighted by atomic mass is 32.2. The number of nitrogens with two attached hydrogens (primary N) is 2. The second-order valence-electron chi connectivity index (χ2n) is 2.97. The van der Waals surface area contributed by atoms with Crippen molar-refractivity contribution in [2.75, 3.05) is 5.32 Å². The summed E-state index contributed by atoms with van der Waals surface area (Å²) in [5, 5.41) is 11.0. The van der Waals surface area contributed by atoms with Crippen LogP contribution in [0.25, 0.3) is 0 Å². The number of hydrogen-bond acceptors (Lipinski definition) is 3. The van der Waals surface area contributed by atoms with Gasteiger partial charge in [0.05, 0.1) is 6.42 Å². The molecule has 1 heterocycles. The summed E-state index contributed by atoms with van der Waals surface area (Å²) in [6, 6.07) is 7.75. The van der Waals surface area contributed by atoms with Crippen molar-refractivity contribution in [1.29, 1.82) is 0 Å². The van der Waals surface area contributed by atoms with E-state index < -0.39 is 10.2 Å². The minimum absolute atomic E-state index is 0.0983. The Balaban J connectivity index is 0.000000195. The Labute approximate surface area is 87.4 Å². The lowest BCUT2D eigenvalue weighted by atomic mass is 10.2. The zero-order valence-corrected chi connectivity index (χ0v) is 8.62. The summed E-state index contributed by atoms with van der Waals surface area (Å²) in [4.78, 5) is 10.8. The van der Waals surface area contributed by atoms with Gasteiger partial charge in [-0.1, -0.05) is 18.2 Å². The van der Waals surface area contributed by atoms with Gasteiger partial charge >= 0.3 is 0 Å². The minimum atomic E-state index is -3.67. The molecule has 0 radical (unpaired) electrons. The van der Waals surface area contributed by atoms with Crippen molar-refractivity contribution in [1.82, 2.24) is 0 Å². The summed E-state index contributed by atoms with van der Waals surface area (Å²) in [7, 11) is -3.67. The summed E-state index contributed by atoms with van der Waals surface area (Å²) >= 11 is 0. The number of carbonyl (C=O) groups is 1. The van der Waals surface area contributed by atoms with E-state index in [0.717, 1.165) is 11.3 Å². The standard InChI is InChI=1S/C8H7NO.H4N2O2S/c10-8-5-6-3-1-2-4-7(6)9-8;1-5(2,3)4/h1-4H,5H2,(H,9,10);(H4,1,2,3,4). The fourth-order valence-electron chi connectivity index (χ4n) is 1.16. The Kier molecular flexibility index (Phi) is 3.40. The Morgan fingerprint density at radius 2 is 1.73 bits per heavy atom. The van der Waals surface area contributed by atoms with Crippen LogP contribution in [0.4, 0.5) is 5.69 Å². The molecule has 1 amide bonds. The number of amides is 1. The molecule has 0 saturated carbocycles. The molecule has 0 aliphatic carbocycles. The minimum Gasteiger partial charge on any atom is -0.326 e. The Morgan fingerprint density at radius 3 is 2.27 bits per heavy atom. The molecular weight excluding hydrogens is 218 g/mol. The Morgan fingerprint density at radius 1 is 1.20 bits per heavy atom. The van der Waals surface area contributed by atoms with Crippen molar-refractivity contribution in [3.63, 3.8) is 0 Å². The molecule has 0 atom stereocenters. The van der Waals surface area contributed by atoms with E-state index in [1.807, 2.05) is 24.3 Å². The number of para-hydroxylation sites is 1. The third-order valence-corrected chi connectivity index (χ3v) is 1.64. The quantitative estimate of drug-likeness (QED) is 0.547. The highest BCUT2D eigenvalue weighted by Gasteiger charge is 2.15. The molecule has 0 unspecified atom stereocenters. The molecule has 6 nitrogen and oxygen atoms in total. The first-order valence-corrected chi connectivity index (χ1v) is 5.65. The van der Waals surface area contributed by atoms with Crippen molar-refractivity contribution >= 4 is 21.8 Å². The van der Waals surface area contributed by atoms with E-state index in [9.17, 15) is 13.2 Å². The van der Waals surface area contributed by atoms with Gasteiger partial charge in [-0.05, 0) is 11.6 Å². The van der Waals surface area contributed by atoms with E-state index in [4.69, 9.17) is 0 Å². The van der Waals surface area contributed by atoms with Crippen LogP contribution in [0.15, 0.2) is 24.3 Å². The Hall–Kier alpha value is -1.44. The third kappa shape index (κ3) is 4.54. The maximum atomic E-state index is 10.8. The molecule has 1 aromatic carbocycles. The zero-order chi connectivity index (χ0) is 11.5. The van der Waals surface area contributed by atoms with Crippen LogP contribution in [0.2, 0.25) is 0 Å². The Bertz CT molecular complexity index is 435. The maximum Gasteiger partial charge on any atom is 0.271 e. The van der Waals surface area contributed by atoms with Crippen molar-refractivity contribution in [3.05, 3.63) is 29.8 Å². The normalized spacial score (nSPS) is 13.6. The molecule has 0 aromatic heterocycles. The number of rotatable bonds is 0. The lowest BCUT2D eigenvalue weighted by Crippen LogP contribution is -2.21. The van der Waals surface area contributed by atoms with Crippen molar-refractivity contribution in [2.24, 2.45) is 10.3 Å². The molecule has 82 valence electrons. The molecule has 1 aliphatic heterocycles. The predicted octanol–water partition coefficient (Wildman–Crippen LogP) is -0.670. The maximum absolute atomic E-state index is 10.8. The number of benzene rings is 1. The number of carbonyl (C=O) groups excluding carboxylic acids is 1. The van der Waals surface area contributed by atoms with Crippen molar-refractivity contribution in [2.45, 2.75) is 6.42 Å². The van der Waals surface area contributed by atoms with Crippen LogP contribution in [0.5, 0.6) is 0 Å². The van der Waals surface area contributed by atoms with Gasteiger partial charge in [0.1, 0.15) is 0 Å². The number of hydrogen-bond donors (Lipinski definition) is 3. The van der Waals surface area contributed by atoms with E-state index >= 15 is 0 Å². The highest BCUT2D eigenvalue weighted by Crippen LogP contribution is 2.20. The SMILES string of the molecule is NS(N)(=O)=O.O=C1Cc2ccccc2N1. The average molecular weight is 229 g/mol. The molecule has 2 rings (SSSR count). The summed E-state index contributed by atoms with van der Waals surface area (Å²) < 4.78 is 18.4. The van der Waals surface area contributed by atoms with Crippen LogP contribution in [0.1, 0.15) is 5.56 Å². The molecule has 0 fully saturated rings. The van der Waals surface area contributed by atoms with Gasteiger partial charge in [0, 0.05) is 5.69 Å². The third-order valence-electron chi connectivity index (χ3n) is 1.64. The van der Waals surface area contributed by atoms with E-state index in [0.29, 0.717) is 6.42 Å². The van der Waals surface area contributed by atoms with Gasteiger partial charge in [0.2, 0.25) is 5.91 Å². The molecule has 1 aromatic rings. The second kappa shape index (κ2) is 4.39. The van der Waals surface area contributed by atoms with Crippen LogP contribution in [-0.2, 0) is 21.4 Å². The van der Waals surface area contributed by atoms with E-state index in [1.165, 1.54) is 0 Å². The fraction of sp³-hybridized carbons (Fsp3) is 0.125. The first kappa shape index (κ1) is 11.6. The van der Waals surface area contributed by atoms with Crippen LogP contribution < -0.4 is 15.6 Å². The number of fused-ring (bicyclic) bond motifs is 1. The molecule has 1 aliphatic rings. The van der Waals surface area contributed by atoms with Crippen LogP contribution >= 0.6 is 0 Å². The topological polar surface area (TPSA) is 115 Å². The van der Waals surface area contributed by atoms with Gasteiger partial charge in [-0.15, -0.1) is 0 Å². The van der Waals surface area contributed by atoms with Crippen LogP contribution in [-0.4, -0.2) is 14.3 Å². The highest BCUT2D eigenvalue weighted by molar-refractivity contribution is 7.86. The van der Waals surface area contributed by atoms with Gasteiger partial charge in [0.25, 0.3) is 10.2 Å². The molecule has 7 heteroatoms. The van der Waals surface area contributed by atoms with Crippen molar-refractivity contribution < 1.29 is 13.2 Å². The molecule has 0 spiro atoms. The van der Waals surface area contributed by atoms with E-state index in [1.54, 1.807) is 0 Å². The summed E-state index contributed by atoms with van der Waals surface area (Å²) in [6.45, 7) is 0. The van der Waals surface area contributed by atoms with Gasteiger partial charge < -0.3 is 5.32 Å². The molecule has 0 bridgehead atoms. The fourth-order valence-corrected chi connectivity index (χ4v) is 1.16. The lowest BCUT2D eigenvalue weighted by molar-refractivity contribution is -0.115. The van der Waals surface area contributed by atoms with Crippen LogP contribution in [0.3, 0.4) is 0 Å². The lowest BCUT2D eigenvalue weighted by Gasteiger charge is -1.93. The number of nitrogens with one attached hydrogen (secondary N) is 1. The second-order valence-corrected chi connectivity index (χ2v) is 4.15. The van der Waals surface area contributed by atoms with Crippen LogP contribution in [0, 0.1) is 0 Å². The monoisotopic (exact) mass is 229 g/mol. The van der Waals surface area contributed by atoms with Crippen molar-refractivity contribution in [3.8, 4) is 0 Å². The molecular formula is C8H11N3O3S. The van der Waals surface area contributed by atoms with Gasteiger partial charge in [0.15, 0.2) is 0 Å². The number of anilines is 1. The summed E-state index contributed by atoms with van der Waals surface area (Å²) in [5.74, 6) is 0.0983. The smallest absolute Gasteiger partial charge is 0.271 e.